The Bertz CT molecular complexity index is 739. The minimum Gasteiger partial charge on any atom is -0.475 e. The smallest absolute Gasteiger partial charge is 0.430 e. The Kier molecular flexibility index (Phi) is 6.35. The van der Waals surface area contributed by atoms with Gasteiger partial charge in [0, 0.05) is 18.2 Å². The fourth-order valence-corrected chi connectivity index (χ4v) is 2.79. The number of benzene rings is 1. The molecule has 1 N–H and O–H groups in total. The minimum absolute atomic E-state index is 0.00744. The molecule has 1 aliphatic rings. The van der Waals surface area contributed by atoms with Gasteiger partial charge in [-0.25, -0.2) is 4.79 Å². The van der Waals surface area contributed by atoms with Crippen LogP contribution in [0.15, 0.2) is 17.7 Å². The molecule has 150 valence electrons. The highest BCUT2D eigenvalue weighted by atomic mass is 35.5. The molecule has 1 aromatic rings. The number of hydrogen-bond acceptors (Lipinski definition) is 4. The van der Waals surface area contributed by atoms with Crippen molar-refractivity contribution >= 4 is 29.3 Å². The zero-order valence-electron chi connectivity index (χ0n) is 15.7. The van der Waals surface area contributed by atoms with Gasteiger partial charge >= 0.3 is 12.1 Å². The van der Waals surface area contributed by atoms with Gasteiger partial charge in [-0.1, -0.05) is 32.4 Å². The van der Waals surface area contributed by atoms with Crippen LogP contribution in [0.2, 0.25) is 5.02 Å². The quantitative estimate of drug-likeness (QED) is 0.661. The van der Waals surface area contributed by atoms with Crippen LogP contribution in [0, 0.1) is 5.41 Å². The molecule has 0 aromatic heterocycles. The third-order valence-corrected chi connectivity index (χ3v) is 4.25. The standard InChI is InChI=1S/C19H23ClF3NO3/c1-5-26-17(25)12-8-11-9-13(20)14(24-7-6-18(2,3)4)10-15(11)27-16(12)19(21,22)23/h8-10,16,24H,5-7H2,1-4H3. The Hall–Kier alpha value is -1.89. The van der Waals surface area contributed by atoms with Gasteiger partial charge in [-0.15, -0.1) is 0 Å². The highest BCUT2D eigenvalue weighted by Crippen LogP contribution is 2.41. The fourth-order valence-electron chi connectivity index (χ4n) is 2.55. The Labute approximate surface area is 161 Å². The first-order chi connectivity index (χ1) is 12.4. The second kappa shape index (κ2) is 8.00. The van der Waals surface area contributed by atoms with Crippen LogP contribution in [0.25, 0.3) is 6.08 Å². The van der Waals surface area contributed by atoms with Gasteiger partial charge in [-0.05, 0) is 30.9 Å². The van der Waals surface area contributed by atoms with Crippen molar-refractivity contribution in [2.75, 3.05) is 18.5 Å². The summed E-state index contributed by atoms with van der Waals surface area (Å²) in [6, 6.07) is 2.90. The van der Waals surface area contributed by atoms with E-state index in [0.717, 1.165) is 12.5 Å². The number of alkyl halides is 3. The molecular weight excluding hydrogens is 383 g/mol. The first-order valence-corrected chi connectivity index (χ1v) is 8.99. The minimum atomic E-state index is -4.75. The molecule has 1 aliphatic heterocycles. The number of nitrogens with one attached hydrogen (secondary N) is 1. The van der Waals surface area contributed by atoms with Gasteiger partial charge < -0.3 is 14.8 Å². The van der Waals surface area contributed by atoms with Gasteiger partial charge in [0.1, 0.15) is 5.75 Å². The van der Waals surface area contributed by atoms with Gasteiger partial charge in [-0.2, -0.15) is 13.2 Å². The van der Waals surface area contributed by atoms with E-state index in [4.69, 9.17) is 21.1 Å². The molecule has 0 bridgehead atoms. The van der Waals surface area contributed by atoms with Gasteiger partial charge in [0.05, 0.1) is 22.9 Å². The van der Waals surface area contributed by atoms with Crippen LogP contribution >= 0.6 is 11.6 Å². The Morgan fingerprint density at radius 2 is 1.96 bits per heavy atom. The SMILES string of the molecule is CCOC(=O)C1=Cc2cc(Cl)c(NCCC(C)(C)C)cc2OC1C(F)(F)F. The van der Waals surface area contributed by atoms with Crippen molar-refractivity contribution in [2.24, 2.45) is 5.41 Å². The van der Waals surface area contributed by atoms with E-state index in [0.29, 0.717) is 22.8 Å². The average Bonchev–Trinajstić information content (AvgIpc) is 2.52. The van der Waals surface area contributed by atoms with Crippen molar-refractivity contribution in [3.63, 3.8) is 0 Å². The Morgan fingerprint density at radius 3 is 2.52 bits per heavy atom. The van der Waals surface area contributed by atoms with Crippen molar-refractivity contribution in [1.82, 2.24) is 0 Å². The van der Waals surface area contributed by atoms with Crippen LogP contribution < -0.4 is 10.1 Å². The first-order valence-electron chi connectivity index (χ1n) is 8.62. The molecule has 8 heteroatoms. The van der Waals surface area contributed by atoms with E-state index in [-0.39, 0.29) is 17.8 Å². The number of rotatable bonds is 5. The predicted molar refractivity (Wildman–Crippen MR) is 99.1 cm³/mol. The largest absolute Gasteiger partial charge is 0.475 e. The van der Waals surface area contributed by atoms with E-state index < -0.39 is 23.8 Å². The van der Waals surface area contributed by atoms with Crippen molar-refractivity contribution < 1.29 is 27.4 Å². The van der Waals surface area contributed by atoms with Crippen LogP contribution in [0.5, 0.6) is 5.75 Å². The van der Waals surface area contributed by atoms with Gasteiger partial charge in [0.15, 0.2) is 0 Å². The van der Waals surface area contributed by atoms with E-state index in [1.54, 1.807) is 0 Å². The molecule has 1 unspecified atom stereocenters. The summed E-state index contributed by atoms with van der Waals surface area (Å²) >= 11 is 6.24. The molecular formula is C19H23ClF3NO3. The Balaban J connectivity index is 2.34. The lowest BCUT2D eigenvalue weighted by atomic mass is 9.92. The molecule has 0 radical (unpaired) electrons. The molecule has 4 nitrogen and oxygen atoms in total. The van der Waals surface area contributed by atoms with E-state index in [2.05, 4.69) is 26.1 Å². The van der Waals surface area contributed by atoms with Crippen molar-refractivity contribution in [3.05, 3.63) is 28.3 Å². The molecule has 0 saturated carbocycles. The average molecular weight is 406 g/mol. The van der Waals surface area contributed by atoms with Crippen LogP contribution in [0.4, 0.5) is 18.9 Å². The van der Waals surface area contributed by atoms with E-state index in [1.807, 2.05) is 0 Å². The summed E-state index contributed by atoms with van der Waals surface area (Å²) in [6.07, 6.45) is -5.16. The third-order valence-electron chi connectivity index (χ3n) is 3.94. The summed E-state index contributed by atoms with van der Waals surface area (Å²) in [5.74, 6) is -1.05. The monoisotopic (exact) mass is 405 g/mol. The summed E-state index contributed by atoms with van der Waals surface area (Å²) < 4.78 is 50.0. The normalized spacial score (nSPS) is 16.9. The zero-order chi connectivity index (χ0) is 20.4. The molecule has 1 heterocycles. The second-order valence-electron chi connectivity index (χ2n) is 7.47. The number of ether oxygens (including phenoxy) is 2. The number of anilines is 1. The molecule has 2 rings (SSSR count). The third kappa shape index (κ3) is 5.54. The van der Waals surface area contributed by atoms with E-state index in [9.17, 15) is 18.0 Å². The van der Waals surface area contributed by atoms with Crippen LogP contribution in [-0.4, -0.2) is 31.4 Å². The number of carbonyl (C=O) groups excluding carboxylic acids is 1. The molecule has 1 aromatic carbocycles. The number of esters is 1. The van der Waals surface area contributed by atoms with Crippen LogP contribution in [0.1, 0.15) is 39.7 Å². The molecule has 0 spiro atoms. The number of fused-ring (bicyclic) bond motifs is 1. The number of halogens is 4. The predicted octanol–water partition coefficient (Wildman–Crippen LogP) is 5.46. The van der Waals surface area contributed by atoms with Gasteiger partial charge in [0.25, 0.3) is 0 Å². The van der Waals surface area contributed by atoms with Crippen LogP contribution in [-0.2, 0) is 9.53 Å². The zero-order valence-corrected chi connectivity index (χ0v) is 16.4. The molecule has 0 fully saturated rings. The molecule has 0 amide bonds. The highest BCUT2D eigenvalue weighted by Gasteiger charge is 2.48. The van der Waals surface area contributed by atoms with Crippen molar-refractivity contribution in [1.29, 1.82) is 0 Å². The summed E-state index contributed by atoms with van der Waals surface area (Å²) in [5.41, 5.74) is 0.280. The lowest BCUT2D eigenvalue weighted by Crippen LogP contribution is -2.40. The second-order valence-corrected chi connectivity index (χ2v) is 7.87. The lowest BCUT2D eigenvalue weighted by molar-refractivity contribution is -0.187. The Morgan fingerprint density at radius 1 is 1.30 bits per heavy atom. The maximum absolute atomic E-state index is 13.4. The van der Waals surface area contributed by atoms with Crippen molar-refractivity contribution in [2.45, 2.75) is 46.4 Å². The maximum Gasteiger partial charge on any atom is 0.430 e. The van der Waals surface area contributed by atoms with Crippen LogP contribution in [0.3, 0.4) is 0 Å². The summed E-state index contributed by atoms with van der Waals surface area (Å²) in [4.78, 5) is 11.9. The highest BCUT2D eigenvalue weighted by molar-refractivity contribution is 6.33. The topological polar surface area (TPSA) is 47.6 Å². The first kappa shape index (κ1) is 21.4. The molecule has 27 heavy (non-hydrogen) atoms. The van der Waals surface area contributed by atoms with Gasteiger partial charge in [0.2, 0.25) is 6.10 Å². The summed E-state index contributed by atoms with van der Waals surface area (Å²) in [5, 5.41) is 3.45. The van der Waals surface area contributed by atoms with Crippen molar-refractivity contribution in [3.8, 4) is 5.75 Å². The number of hydrogen-bond donors (Lipinski definition) is 1. The molecule has 0 aliphatic carbocycles. The molecule has 1 atom stereocenters. The summed E-state index contributed by atoms with van der Waals surface area (Å²) in [7, 11) is 0. The molecule has 0 saturated heterocycles. The van der Waals surface area contributed by atoms with Gasteiger partial charge in [-0.3, -0.25) is 0 Å². The number of carbonyl (C=O) groups is 1. The maximum atomic E-state index is 13.4. The van der Waals surface area contributed by atoms with E-state index in [1.165, 1.54) is 19.1 Å². The summed E-state index contributed by atoms with van der Waals surface area (Å²) in [6.45, 7) is 8.34. The lowest BCUT2D eigenvalue weighted by Gasteiger charge is -2.28. The van der Waals surface area contributed by atoms with E-state index >= 15 is 0 Å². The fraction of sp³-hybridized carbons (Fsp3) is 0.526.